The first-order chi connectivity index (χ1) is 7.40. The van der Waals surface area contributed by atoms with E-state index in [2.05, 4.69) is 4.74 Å². The van der Waals surface area contributed by atoms with Crippen molar-refractivity contribution in [2.24, 2.45) is 0 Å². The van der Waals surface area contributed by atoms with Gasteiger partial charge in [0.25, 0.3) is 0 Å². The molecule has 1 aromatic carbocycles. The summed E-state index contributed by atoms with van der Waals surface area (Å²) >= 11 is 5.64. The Labute approximate surface area is 95.0 Å². The molecule has 1 aromatic rings. The van der Waals surface area contributed by atoms with Crippen molar-refractivity contribution in [3.63, 3.8) is 0 Å². The molecular formula is C10H8ClF3O2. The lowest BCUT2D eigenvalue weighted by Gasteiger charge is -2.11. The Morgan fingerprint density at radius 2 is 1.88 bits per heavy atom. The van der Waals surface area contributed by atoms with Crippen LogP contribution in [0.15, 0.2) is 30.3 Å². The zero-order chi connectivity index (χ0) is 12.2. The van der Waals surface area contributed by atoms with E-state index in [9.17, 15) is 18.0 Å². The number of benzene rings is 1. The summed E-state index contributed by atoms with van der Waals surface area (Å²) < 4.78 is 39.3. The van der Waals surface area contributed by atoms with Gasteiger partial charge in [-0.1, -0.05) is 30.3 Å². The van der Waals surface area contributed by atoms with Crippen LogP contribution >= 0.6 is 11.6 Å². The van der Waals surface area contributed by atoms with Crippen LogP contribution < -0.4 is 0 Å². The number of esters is 1. The van der Waals surface area contributed by atoms with E-state index in [4.69, 9.17) is 11.6 Å². The Hall–Kier alpha value is -1.23. The summed E-state index contributed by atoms with van der Waals surface area (Å²) in [5, 5.41) is -1.22. The highest BCUT2D eigenvalue weighted by molar-refractivity contribution is 6.29. The van der Waals surface area contributed by atoms with Gasteiger partial charge in [-0.15, -0.1) is 11.6 Å². The smallest absolute Gasteiger partial charge is 0.422 e. The average Bonchev–Trinajstić information content (AvgIpc) is 2.25. The van der Waals surface area contributed by atoms with Crippen molar-refractivity contribution in [3.8, 4) is 0 Å². The Bertz CT molecular complexity index is 351. The zero-order valence-corrected chi connectivity index (χ0v) is 8.76. The van der Waals surface area contributed by atoms with E-state index in [-0.39, 0.29) is 0 Å². The summed E-state index contributed by atoms with van der Waals surface area (Å²) in [5.41, 5.74) is 0.399. The minimum atomic E-state index is -4.54. The number of rotatable bonds is 3. The van der Waals surface area contributed by atoms with Gasteiger partial charge in [-0.05, 0) is 5.56 Å². The van der Waals surface area contributed by atoms with Crippen molar-refractivity contribution in [3.05, 3.63) is 35.9 Å². The molecule has 0 N–H and O–H groups in total. The number of carbonyl (C=O) groups is 1. The molecule has 2 nitrogen and oxygen atoms in total. The van der Waals surface area contributed by atoms with Gasteiger partial charge in [0.2, 0.25) is 0 Å². The number of alkyl halides is 4. The third kappa shape index (κ3) is 4.10. The molecule has 1 rings (SSSR count). The van der Waals surface area contributed by atoms with Crippen LogP contribution in [0.5, 0.6) is 0 Å². The number of ether oxygens (including phenoxy) is 1. The van der Waals surface area contributed by atoms with Gasteiger partial charge in [-0.2, -0.15) is 13.2 Å². The molecule has 0 unspecified atom stereocenters. The average molecular weight is 253 g/mol. The van der Waals surface area contributed by atoms with Gasteiger partial charge >= 0.3 is 12.1 Å². The molecule has 16 heavy (non-hydrogen) atoms. The number of hydrogen-bond acceptors (Lipinski definition) is 2. The summed E-state index contributed by atoms with van der Waals surface area (Å²) in [5.74, 6) is -1.11. The van der Waals surface area contributed by atoms with Gasteiger partial charge in [-0.3, -0.25) is 4.79 Å². The predicted molar refractivity (Wildman–Crippen MR) is 52.1 cm³/mol. The van der Waals surface area contributed by atoms with Crippen molar-refractivity contribution in [1.82, 2.24) is 0 Å². The second kappa shape index (κ2) is 5.21. The predicted octanol–water partition coefficient (Wildman–Crippen LogP) is 3.07. The molecule has 0 fully saturated rings. The molecule has 1 atom stereocenters. The number of carbonyl (C=O) groups excluding carboxylic acids is 1. The molecule has 0 amide bonds. The molecule has 0 spiro atoms. The third-order valence-electron chi connectivity index (χ3n) is 1.68. The summed E-state index contributed by atoms with van der Waals surface area (Å²) in [6.07, 6.45) is -4.54. The van der Waals surface area contributed by atoms with Gasteiger partial charge in [-0.25, -0.2) is 0 Å². The fraction of sp³-hybridized carbons (Fsp3) is 0.300. The number of halogens is 4. The fourth-order valence-electron chi connectivity index (χ4n) is 0.984. The maximum Gasteiger partial charge on any atom is 0.422 e. The monoisotopic (exact) mass is 252 g/mol. The first-order valence-electron chi connectivity index (χ1n) is 4.32. The first-order valence-corrected chi connectivity index (χ1v) is 4.76. The van der Waals surface area contributed by atoms with Crippen LogP contribution in [-0.2, 0) is 9.53 Å². The Morgan fingerprint density at radius 1 is 1.31 bits per heavy atom. The topological polar surface area (TPSA) is 26.3 Å². The highest BCUT2D eigenvalue weighted by Gasteiger charge is 2.31. The molecule has 0 bridgehead atoms. The van der Waals surface area contributed by atoms with Gasteiger partial charge in [0.15, 0.2) is 12.0 Å². The lowest BCUT2D eigenvalue weighted by atomic mass is 10.1. The van der Waals surface area contributed by atoms with Crippen LogP contribution in [0.2, 0.25) is 0 Å². The molecule has 0 saturated heterocycles. The summed E-state index contributed by atoms with van der Waals surface area (Å²) in [6, 6.07) is 8.02. The summed E-state index contributed by atoms with van der Waals surface area (Å²) in [4.78, 5) is 11.1. The van der Waals surface area contributed by atoms with Gasteiger partial charge in [0.1, 0.15) is 0 Å². The lowest BCUT2D eigenvalue weighted by molar-refractivity contribution is -0.186. The Balaban J connectivity index is 2.55. The number of hydrogen-bond donors (Lipinski definition) is 0. The van der Waals surface area contributed by atoms with Crippen LogP contribution in [-0.4, -0.2) is 18.8 Å². The van der Waals surface area contributed by atoms with Crippen LogP contribution in [0.1, 0.15) is 10.9 Å². The third-order valence-corrected chi connectivity index (χ3v) is 2.11. The van der Waals surface area contributed by atoms with Crippen LogP contribution in [0, 0.1) is 0 Å². The van der Waals surface area contributed by atoms with E-state index in [0.29, 0.717) is 5.56 Å². The molecule has 0 aliphatic heterocycles. The summed E-state index contributed by atoms with van der Waals surface area (Å²) in [7, 11) is 0. The van der Waals surface area contributed by atoms with E-state index in [1.165, 1.54) is 12.1 Å². The van der Waals surface area contributed by atoms with Crippen LogP contribution in [0.4, 0.5) is 13.2 Å². The van der Waals surface area contributed by atoms with E-state index < -0.39 is 24.1 Å². The van der Waals surface area contributed by atoms with Gasteiger partial charge < -0.3 is 4.74 Å². The van der Waals surface area contributed by atoms with Gasteiger partial charge in [0, 0.05) is 0 Å². The van der Waals surface area contributed by atoms with Crippen molar-refractivity contribution in [1.29, 1.82) is 0 Å². The van der Waals surface area contributed by atoms with Crippen LogP contribution in [0.25, 0.3) is 0 Å². The van der Waals surface area contributed by atoms with Gasteiger partial charge in [0.05, 0.1) is 0 Å². The molecule has 0 heterocycles. The zero-order valence-electron chi connectivity index (χ0n) is 8.00. The summed E-state index contributed by atoms with van der Waals surface area (Å²) in [6.45, 7) is -1.62. The molecule has 6 heteroatoms. The van der Waals surface area contributed by atoms with Crippen LogP contribution in [0.3, 0.4) is 0 Å². The molecule has 0 radical (unpaired) electrons. The molecule has 0 aliphatic rings. The lowest BCUT2D eigenvalue weighted by Crippen LogP contribution is -2.22. The van der Waals surface area contributed by atoms with E-state index in [1.54, 1.807) is 18.2 Å². The fourth-order valence-corrected chi connectivity index (χ4v) is 1.19. The second-order valence-electron chi connectivity index (χ2n) is 3.00. The molecular weight excluding hydrogens is 245 g/mol. The maximum absolute atomic E-state index is 11.8. The molecule has 88 valence electrons. The Morgan fingerprint density at radius 3 is 2.38 bits per heavy atom. The minimum Gasteiger partial charge on any atom is -0.455 e. The Kier molecular flexibility index (Phi) is 4.18. The molecule has 0 aliphatic carbocycles. The van der Waals surface area contributed by atoms with Crippen molar-refractivity contribution in [2.45, 2.75) is 11.6 Å². The normalized spacial score (nSPS) is 13.2. The van der Waals surface area contributed by atoms with Crippen molar-refractivity contribution < 1.29 is 22.7 Å². The standard InChI is InChI=1S/C10H8ClF3O2/c11-8(7-4-2-1-3-5-7)9(15)16-6-10(12,13)14/h1-5,8H,6H2/t8-/m1/s1. The molecule has 0 aromatic heterocycles. The van der Waals surface area contributed by atoms with E-state index in [0.717, 1.165) is 0 Å². The SMILES string of the molecule is O=C(OCC(F)(F)F)[C@H](Cl)c1ccccc1. The van der Waals surface area contributed by atoms with E-state index in [1.807, 2.05) is 0 Å². The quantitative estimate of drug-likeness (QED) is 0.610. The molecule has 0 saturated carbocycles. The van der Waals surface area contributed by atoms with E-state index >= 15 is 0 Å². The van der Waals surface area contributed by atoms with Crippen molar-refractivity contribution >= 4 is 17.6 Å². The first kappa shape index (κ1) is 12.8. The highest BCUT2D eigenvalue weighted by atomic mass is 35.5. The maximum atomic E-state index is 11.8. The highest BCUT2D eigenvalue weighted by Crippen LogP contribution is 2.23. The second-order valence-corrected chi connectivity index (χ2v) is 3.43. The van der Waals surface area contributed by atoms with Crippen molar-refractivity contribution in [2.75, 3.05) is 6.61 Å². The minimum absolute atomic E-state index is 0.399. The largest absolute Gasteiger partial charge is 0.455 e.